The summed E-state index contributed by atoms with van der Waals surface area (Å²) < 4.78 is 72.0. The van der Waals surface area contributed by atoms with E-state index in [0.29, 0.717) is 38.9 Å². The maximum absolute atomic E-state index is 14.6. The molecule has 2 saturated heterocycles. The van der Waals surface area contributed by atoms with Crippen molar-refractivity contribution < 1.29 is 26.4 Å². The van der Waals surface area contributed by atoms with Gasteiger partial charge in [-0.25, -0.2) is 18.0 Å². The minimum absolute atomic E-state index is 0.0525. The van der Waals surface area contributed by atoms with Crippen LogP contribution in [0.1, 0.15) is 25.7 Å². The monoisotopic (exact) mass is 482 g/mol. The van der Waals surface area contributed by atoms with Gasteiger partial charge in [0.15, 0.2) is 0 Å². The fraction of sp³-hybridized carbons (Fsp3) is 0.409. The number of hydrogen-bond acceptors (Lipinski definition) is 3. The van der Waals surface area contributed by atoms with Crippen molar-refractivity contribution >= 4 is 21.9 Å². The Balaban J connectivity index is 1.47. The van der Waals surface area contributed by atoms with Crippen LogP contribution in [-0.4, -0.2) is 55.9 Å². The molecule has 2 aliphatic heterocycles. The number of halogens is 3. The van der Waals surface area contributed by atoms with E-state index in [9.17, 15) is 26.4 Å². The summed E-state index contributed by atoms with van der Waals surface area (Å²) in [7, 11) is -3.52. The van der Waals surface area contributed by atoms with Crippen LogP contribution in [0.2, 0.25) is 0 Å². The van der Waals surface area contributed by atoms with Crippen LogP contribution in [0.3, 0.4) is 0 Å². The van der Waals surface area contributed by atoms with E-state index < -0.39 is 39.3 Å². The smallest absolute Gasteiger partial charge is 0.321 e. The third-order valence-electron chi connectivity index (χ3n) is 5.95. The first-order chi connectivity index (χ1) is 15.8. The number of rotatable bonds is 5. The number of likely N-dealkylation sites (tertiary alicyclic amines) is 1. The largest absolute Gasteiger partial charge is 0.324 e. The van der Waals surface area contributed by atoms with Crippen LogP contribution in [0.25, 0.3) is 11.1 Å². The molecule has 2 fully saturated rings. The number of amides is 2. The summed E-state index contributed by atoms with van der Waals surface area (Å²) in [6, 6.07) is 6.16. The number of carbonyl (C=O) groups excluding carboxylic acids is 1. The maximum atomic E-state index is 14.6. The highest BCUT2D eigenvalue weighted by Crippen LogP contribution is 2.34. The lowest BCUT2D eigenvalue weighted by Gasteiger charge is -2.31. The molecule has 2 heterocycles. The van der Waals surface area contributed by atoms with Crippen molar-refractivity contribution in [1.29, 1.82) is 0 Å². The van der Waals surface area contributed by atoms with Gasteiger partial charge in [-0.05, 0) is 49.9 Å². The van der Waals surface area contributed by atoms with E-state index in [2.05, 4.69) is 10.0 Å². The molecule has 0 aromatic heterocycles. The zero-order valence-electron chi connectivity index (χ0n) is 17.9. The third kappa shape index (κ3) is 5.15. The van der Waals surface area contributed by atoms with E-state index >= 15 is 0 Å². The Morgan fingerprint density at radius 3 is 2.12 bits per heavy atom. The highest BCUT2D eigenvalue weighted by molar-refractivity contribution is 7.87. The Hall–Kier alpha value is -2.63. The summed E-state index contributed by atoms with van der Waals surface area (Å²) in [5.41, 5.74) is -0.970. The molecule has 2 aliphatic rings. The summed E-state index contributed by atoms with van der Waals surface area (Å²) in [6.45, 7) is 1.66. The molecule has 0 spiro atoms. The number of nitrogens with zero attached hydrogens (tertiary/aromatic N) is 2. The Morgan fingerprint density at radius 1 is 0.848 bits per heavy atom. The van der Waals surface area contributed by atoms with Crippen molar-refractivity contribution in [2.45, 2.75) is 31.7 Å². The van der Waals surface area contributed by atoms with Crippen molar-refractivity contribution in [2.24, 2.45) is 0 Å². The molecule has 4 rings (SSSR count). The zero-order chi connectivity index (χ0) is 23.6. The van der Waals surface area contributed by atoms with Gasteiger partial charge < -0.3 is 10.2 Å². The van der Waals surface area contributed by atoms with Gasteiger partial charge in [-0.15, -0.1) is 0 Å². The van der Waals surface area contributed by atoms with Crippen LogP contribution < -0.4 is 10.0 Å². The molecule has 1 unspecified atom stereocenters. The highest BCUT2D eigenvalue weighted by Gasteiger charge is 2.31. The standard InChI is InChI=1S/C22H25F3N4O3S/c23-16-6-1-7-17(24)20(16)21-18(25)8-2-9-19(21)26-22(30)28-11-3-5-15(10-14-28)27-33(31,32)29-12-4-13-29/h1-2,6-9,15,27H,3-5,10-14H2,(H,26,30). The summed E-state index contributed by atoms with van der Waals surface area (Å²) in [5, 5.41) is 2.57. The van der Waals surface area contributed by atoms with Gasteiger partial charge in [0.25, 0.3) is 10.2 Å². The first-order valence-corrected chi connectivity index (χ1v) is 12.3. The van der Waals surface area contributed by atoms with E-state index in [4.69, 9.17) is 0 Å². The van der Waals surface area contributed by atoms with Gasteiger partial charge in [0, 0.05) is 37.8 Å². The van der Waals surface area contributed by atoms with Crippen LogP contribution >= 0.6 is 0 Å². The molecule has 178 valence electrons. The highest BCUT2D eigenvalue weighted by atomic mass is 32.2. The molecule has 0 aliphatic carbocycles. The molecule has 2 N–H and O–H groups in total. The summed E-state index contributed by atoms with van der Waals surface area (Å²) in [6.07, 6.45) is 2.40. The fourth-order valence-electron chi connectivity index (χ4n) is 4.04. The van der Waals surface area contributed by atoms with Crippen LogP contribution in [0.15, 0.2) is 36.4 Å². The molecule has 0 radical (unpaired) electrons. The number of urea groups is 1. The zero-order valence-corrected chi connectivity index (χ0v) is 18.7. The minimum atomic E-state index is -3.52. The fourth-order valence-corrected chi connectivity index (χ4v) is 5.59. The van der Waals surface area contributed by atoms with Crippen LogP contribution in [0.5, 0.6) is 0 Å². The van der Waals surface area contributed by atoms with Crippen LogP contribution in [0.4, 0.5) is 23.7 Å². The molecule has 2 aromatic carbocycles. The lowest BCUT2D eigenvalue weighted by molar-refractivity contribution is 0.213. The number of benzene rings is 2. The Bertz CT molecular complexity index is 1120. The van der Waals surface area contributed by atoms with Gasteiger partial charge >= 0.3 is 6.03 Å². The maximum Gasteiger partial charge on any atom is 0.321 e. The van der Waals surface area contributed by atoms with E-state index in [0.717, 1.165) is 24.6 Å². The van der Waals surface area contributed by atoms with Crippen molar-refractivity contribution in [3.05, 3.63) is 53.8 Å². The molecule has 11 heteroatoms. The second kappa shape index (κ2) is 9.70. The van der Waals surface area contributed by atoms with E-state index in [1.165, 1.54) is 27.4 Å². The first kappa shape index (κ1) is 23.5. The van der Waals surface area contributed by atoms with Crippen molar-refractivity contribution in [1.82, 2.24) is 13.9 Å². The minimum Gasteiger partial charge on any atom is -0.324 e. The molecule has 2 amide bonds. The summed E-state index contributed by atoms with van der Waals surface area (Å²) >= 11 is 0. The summed E-state index contributed by atoms with van der Waals surface area (Å²) in [5.74, 6) is -2.75. The van der Waals surface area contributed by atoms with Crippen LogP contribution in [-0.2, 0) is 10.2 Å². The first-order valence-electron chi connectivity index (χ1n) is 10.8. The topological polar surface area (TPSA) is 81.8 Å². The number of anilines is 1. The number of hydrogen-bond donors (Lipinski definition) is 2. The second-order valence-corrected chi connectivity index (χ2v) is 9.88. The van der Waals surface area contributed by atoms with Gasteiger partial charge in [0.1, 0.15) is 17.5 Å². The van der Waals surface area contributed by atoms with E-state index in [1.54, 1.807) is 0 Å². The molecular weight excluding hydrogens is 457 g/mol. The molecule has 0 saturated carbocycles. The van der Waals surface area contributed by atoms with Gasteiger partial charge in [0.2, 0.25) is 0 Å². The van der Waals surface area contributed by atoms with E-state index in [1.807, 2.05) is 0 Å². The molecular formula is C22H25F3N4O3S. The van der Waals surface area contributed by atoms with Gasteiger partial charge in [-0.1, -0.05) is 12.1 Å². The number of carbonyl (C=O) groups is 1. The molecule has 1 atom stereocenters. The Labute approximate surface area is 190 Å². The molecule has 7 nitrogen and oxygen atoms in total. The predicted molar refractivity (Wildman–Crippen MR) is 118 cm³/mol. The van der Waals surface area contributed by atoms with Crippen molar-refractivity contribution in [3.63, 3.8) is 0 Å². The lowest BCUT2D eigenvalue weighted by Crippen LogP contribution is -2.51. The lowest BCUT2D eigenvalue weighted by atomic mass is 10.0. The molecule has 2 aromatic rings. The van der Waals surface area contributed by atoms with Gasteiger partial charge in [-0.3, -0.25) is 0 Å². The molecule has 0 bridgehead atoms. The average molecular weight is 483 g/mol. The van der Waals surface area contributed by atoms with Crippen molar-refractivity contribution in [3.8, 4) is 11.1 Å². The van der Waals surface area contributed by atoms with E-state index in [-0.39, 0.29) is 23.8 Å². The normalized spacial score (nSPS) is 19.6. The molecule has 33 heavy (non-hydrogen) atoms. The van der Waals surface area contributed by atoms with Gasteiger partial charge in [0.05, 0.1) is 11.3 Å². The average Bonchev–Trinajstić information content (AvgIpc) is 2.93. The summed E-state index contributed by atoms with van der Waals surface area (Å²) in [4.78, 5) is 14.4. The predicted octanol–water partition coefficient (Wildman–Crippen LogP) is 3.70. The second-order valence-electron chi connectivity index (χ2n) is 8.18. The Kier molecular flexibility index (Phi) is 6.91. The van der Waals surface area contributed by atoms with Gasteiger partial charge in [-0.2, -0.15) is 17.4 Å². The van der Waals surface area contributed by atoms with Crippen LogP contribution in [0, 0.1) is 17.5 Å². The third-order valence-corrected chi connectivity index (χ3v) is 7.63. The quantitative estimate of drug-likeness (QED) is 0.682. The van der Waals surface area contributed by atoms with Crippen molar-refractivity contribution in [2.75, 3.05) is 31.5 Å². The SMILES string of the molecule is O=C(Nc1cccc(F)c1-c1c(F)cccc1F)N1CCCC(NS(=O)(=O)N2CCC2)CC1. The number of nitrogens with one attached hydrogen (secondary N) is 2. The Morgan fingerprint density at radius 2 is 1.48 bits per heavy atom.